The summed E-state index contributed by atoms with van der Waals surface area (Å²) in [6.07, 6.45) is 5.40. The van der Waals surface area contributed by atoms with E-state index in [9.17, 15) is 10.4 Å². The van der Waals surface area contributed by atoms with Crippen LogP contribution in [0.4, 0.5) is 0 Å². The molecule has 0 atom stereocenters. The number of aromatic nitrogens is 2. The van der Waals surface area contributed by atoms with Crippen LogP contribution in [0.25, 0.3) is 21.8 Å². The van der Waals surface area contributed by atoms with Crippen LogP contribution in [0.15, 0.2) is 95.2 Å². The molecule has 0 spiro atoms. The van der Waals surface area contributed by atoms with E-state index < -0.39 is 0 Å². The summed E-state index contributed by atoms with van der Waals surface area (Å²) < 4.78 is 2.15. The smallest absolute Gasteiger partial charge is 0.0901 e. The van der Waals surface area contributed by atoms with E-state index >= 15 is 0 Å². The molecule has 1 aliphatic rings. The van der Waals surface area contributed by atoms with Crippen molar-refractivity contribution in [3.05, 3.63) is 117 Å². The highest BCUT2D eigenvalue weighted by Gasteiger charge is 2.17. The van der Waals surface area contributed by atoms with Crippen molar-refractivity contribution in [2.45, 2.75) is 25.9 Å². The summed E-state index contributed by atoms with van der Waals surface area (Å²) in [6.45, 7) is 6.91. The normalized spacial score (nSPS) is 14.3. The van der Waals surface area contributed by atoms with Crippen LogP contribution in [-0.2, 0) is 13.1 Å². The number of unbranched alkanes of at least 4 members (excludes halogenated alkanes) is 1. The minimum absolute atomic E-state index is 0.563. The Morgan fingerprint density at radius 1 is 0.659 bits per heavy atom. The molecule has 44 heavy (non-hydrogen) atoms. The van der Waals surface area contributed by atoms with Gasteiger partial charge in [0.05, 0.1) is 34.8 Å². The molecule has 2 aromatic heterocycles. The second kappa shape index (κ2) is 13.9. The lowest BCUT2D eigenvalue weighted by Gasteiger charge is -2.21. The fourth-order valence-electron chi connectivity index (χ4n) is 5.91. The summed E-state index contributed by atoms with van der Waals surface area (Å²) in [5.74, 6) is 0. The Kier molecular flexibility index (Phi) is 9.52. The molecule has 6 rings (SSSR count). The van der Waals surface area contributed by atoms with Crippen LogP contribution in [0.5, 0.6) is 0 Å². The predicted octanol–water partition coefficient (Wildman–Crippen LogP) is 5.98. The first-order valence-corrected chi connectivity index (χ1v) is 15.7. The van der Waals surface area contributed by atoms with E-state index in [1.165, 1.54) is 11.1 Å². The highest BCUT2D eigenvalue weighted by molar-refractivity contribution is 6.31. The van der Waals surface area contributed by atoms with Gasteiger partial charge in [-0.3, -0.25) is 19.8 Å². The van der Waals surface area contributed by atoms with Crippen LogP contribution in [-0.4, -0.2) is 68.9 Å². The number of fused-ring (bicyclic) bond motifs is 3. The quantitative estimate of drug-likeness (QED) is 0.139. The Morgan fingerprint density at radius 2 is 1.18 bits per heavy atom. The Labute approximate surface area is 266 Å². The van der Waals surface area contributed by atoms with Gasteiger partial charge in [0.15, 0.2) is 0 Å². The molecule has 0 aliphatic carbocycles. The summed E-state index contributed by atoms with van der Waals surface area (Å²) >= 11 is 12.3. The predicted molar refractivity (Wildman–Crippen MR) is 175 cm³/mol. The lowest BCUT2D eigenvalue weighted by molar-refractivity contribution is 0.197. The van der Waals surface area contributed by atoms with Crippen LogP contribution in [0.2, 0.25) is 10.0 Å². The largest absolute Gasteiger partial charge is 0.428 e. The summed E-state index contributed by atoms with van der Waals surface area (Å²) in [5, 5.41) is 25.0. The summed E-state index contributed by atoms with van der Waals surface area (Å²) in [4.78, 5) is 14.7. The second-order valence-corrected chi connectivity index (χ2v) is 12.1. The maximum Gasteiger partial charge on any atom is 0.0901 e. The third kappa shape index (κ3) is 7.11. The highest BCUT2D eigenvalue weighted by atomic mass is 35.5. The first-order valence-electron chi connectivity index (χ1n) is 15.0. The number of rotatable bonds is 11. The topological polar surface area (TPSA) is 81.5 Å². The Balaban J connectivity index is 1.13. The van der Waals surface area contributed by atoms with E-state index in [0.717, 1.165) is 83.1 Å². The lowest BCUT2D eigenvalue weighted by Crippen LogP contribution is -2.31. The van der Waals surface area contributed by atoms with Crippen LogP contribution in [0.3, 0.4) is 0 Å². The molecule has 0 saturated carbocycles. The van der Waals surface area contributed by atoms with E-state index in [1.54, 1.807) is 24.5 Å². The molecule has 3 heterocycles. The molecule has 1 aliphatic heterocycles. The van der Waals surface area contributed by atoms with Gasteiger partial charge in [0, 0.05) is 59.4 Å². The summed E-state index contributed by atoms with van der Waals surface area (Å²) in [6, 6.07) is 23.3. The fraction of sp³-hybridized carbons (Fsp3) is 0.294. The molecule has 3 aromatic carbocycles. The van der Waals surface area contributed by atoms with Crippen LogP contribution in [0.1, 0.15) is 24.0 Å². The van der Waals surface area contributed by atoms with Gasteiger partial charge >= 0.3 is 0 Å². The third-order valence-corrected chi connectivity index (χ3v) is 8.68. The fourth-order valence-corrected chi connectivity index (χ4v) is 6.24. The van der Waals surface area contributed by atoms with Gasteiger partial charge in [0.25, 0.3) is 0 Å². The van der Waals surface area contributed by atoms with Crippen LogP contribution < -0.4 is 10.7 Å². The first kappa shape index (κ1) is 30.2. The second-order valence-electron chi connectivity index (χ2n) is 11.2. The SMILES string of the molecule is On1ccc(=NCCN(CCCCN2Cc3ccccc3C2)CCN=c2ccn(O)c3cc(Cl)ccc23)c2ccc(Cl)cc21. The standard InChI is InChI=1S/C34H36Cl2N6O2/c35-27-7-9-29-31(11-17-41(43)33(29)21-27)37-13-19-39(15-3-4-16-40-23-25-5-1-2-6-26(25)24-40)20-14-38-32-12-18-42(44)34-22-28(36)8-10-30(32)34/h1-2,5-12,17-18,21-22,43-44H,3-4,13-16,19-20,23-24H2. The Hall–Kier alpha value is -3.82. The van der Waals surface area contributed by atoms with E-state index in [-0.39, 0.29) is 0 Å². The number of hydrogen-bond acceptors (Lipinski definition) is 6. The maximum atomic E-state index is 10.2. The molecule has 228 valence electrons. The van der Waals surface area contributed by atoms with Gasteiger partial charge in [-0.2, -0.15) is 9.46 Å². The average Bonchev–Trinajstić information content (AvgIpc) is 3.44. The maximum absolute atomic E-state index is 10.2. The van der Waals surface area contributed by atoms with E-state index in [1.807, 2.05) is 36.4 Å². The van der Waals surface area contributed by atoms with Gasteiger partial charge in [-0.1, -0.05) is 47.5 Å². The number of benzene rings is 3. The van der Waals surface area contributed by atoms with Crippen LogP contribution in [0, 0.1) is 0 Å². The Bertz CT molecular complexity index is 1790. The number of halogens is 2. The van der Waals surface area contributed by atoms with Crippen molar-refractivity contribution in [1.29, 1.82) is 0 Å². The van der Waals surface area contributed by atoms with Crippen molar-refractivity contribution in [2.75, 3.05) is 39.3 Å². The lowest BCUT2D eigenvalue weighted by atomic mass is 10.1. The zero-order valence-electron chi connectivity index (χ0n) is 24.5. The molecule has 0 amide bonds. The zero-order chi connectivity index (χ0) is 30.5. The van der Waals surface area contributed by atoms with E-state index in [4.69, 9.17) is 33.2 Å². The summed E-state index contributed by atoms with van der Waals surface area (Å²) in [7, 11) is 0. The van der Waals surface area contributed by atoms with Crippen molar-refractivity contribution in [3.63, 3.8) is 0 Å². The minimum atomic E-state index is 0.563. The number of pyridine rings is 2. The highest BCUT2D eigenvalue weighted by Crippen LogP contribution is 2.22. The van der Waals surface area contributed by atoms with Crippen molar-refractivity contribution in [1.82, 2.24) is 19.3 Å². The molecule has 2 N–H and O–H groups in total. The zero-order valence-corrected chi connectivity index (χ0v) is 26.0. The van der Waals surface area contributed by atoms with Crippen LogP contribution >= 0.6 is 23.2 Å². The molecule has 0 saturated heterocycles. The monoisotopic (exact) mass is 630 g/mol. The molecule has 5 aromatic rings. The van der Waals surface area contributed by atoms with Gasteiger partial charge in [-0.05, 0) is 85.6 Å². The number of hydrogen-bond donors (Lipinski definition) is 2. The van der Waals surface area contributed by atoms with Gasteiger partial charge < -0.3 is 10.4 Å². The third-order valence-electron chi connectivity index (χ3n) is 8.21. The van der Waals surface area contributed by atoms with Crippen molar-refractivity contribution < 1.29 is 10.4 Å². The van der Waals surface area contributed by atoms with Gasteiger partial charge in [0.1, 0.15) is 0 Å². The first-order chi connectivity index (χ1) is 21.4. The molecular weight excluding hydrogens is 595 g/mol. The van der Waals surface area contributed by atoms with Crippen molar-refractivity contribution in [2.24, 2.45) is 9.98 Å². The molecule has 0 fully saturated rings. The summed E-state index contributed by atoms with van der Waals surface area (Å²) in [5.41, 5.74) is 4.14. The molecule has 0 bridgehead atoms. The molecule has 0 unspecified atom stereocenters. The van der Waals surface area contributed by atoms with Gasteiger partial charge in [0.2, 0.25) is 0 Å². The minimum Gasteiger partial charge on any atom is -0.428 e. The van der Waals surface area contributed by atoms with E-state index in [0.29, 0.717) is 34.2 Å². The van der Waals surface area contributed by atoms with Crippen molar-refractivity contribution in [3.8, 4) is 0 Å². The molecule has 0 radical (unpaired) electrons. The average molecular weight is 632 g/mol. The number of nitrogens with zero attached hydrogens (tertiary/aromatic N) is 6. The molecule has 10 heteroatoms. The molecule has 8 nitrogen and oxygen atoms in total. The molecular formula is C34H36Cl2N6O2. The van der Waals surface area contributed by atoms with E-state index in [2.05, 4.69) is 34.1 Å². The Morgan fingerprint density at radius 3 is 1.70 bits per heavy atom. The van der Waals surface area contributed by atoms with Crippen molar-refractivity contribution >= 4 is 45.0 Å². The van der Waals surface area contributed by atoms with Gasteiger partial charge in [-0.15, -0.1) is 0 Å². The van der Waals surface area contributed by atoms with Gasteiger partial charge in [-0.25, -0.2) is 0 Å².